The number of hydrogen-bond donors (Lipinski definition) is 2. The smallest absolute Gasteiger partial charge is 0.329 e. The van der Waals surface area contributed by atoms with Gasteiger partial charge in [-0.2, -0.15) is 5.10 Å². The van der Waals surface area contributed by atoms with E-state index >= 15 is 0 Å². The molecule has 0 bridgehead atoms. The molecule has 0 unspecified atom stereocenters. The highest BCUT2D eigenvalue weighted by atomic mass is 19.1. The quantitative estimate of drug-likeness (QED) is 0.446. The Kier molecular flexibility index (Phi) is 7.49. The molecule has 0 fully saturated rings. The molecule has 2 N–H and O–H groups in total. The van der Waals surface area contributed by atoms with E-state index in [0.717, 1.165) is 6.42 Å². The summed E-state index contributed by atoms with van der Waals surface area (Å²) in [6.45, 7) is 3.76. The molecule has 2 aromatic rings. The van der Waals surface area contributed by atoms with Crippen LogP contribution in [0.25, 0.3) is 0 Å². The van der Waals surface area contributed by atoms with Crippen LogP contribution in [0.1, 0.15) is 31.4 Å². The third-order valence-corrected chi connectivity index (χ3v) is 3.83. The van der Waals surface area contributed by atoms with Crippen LogP contribution < -0.4 is 15.5 Å². The molecular weight excluding hydrogens is 349 g/mol. The van der Waals surface area contributed by atoms with Crippen LogP contribution in [0.3, 0.4) is 0 Å². The number of nitrogens with zero attached hydrogens (tertiary/aromatic N) is 1. The molecule has 0 saturated carbocycles. The van der Waals surface area contributed by atoms with Gasteiger partial charge >= 0.3 is 11.8 Å². The second-order valence-corrected chi connectivity index (χ2v) is 5.90. The lowest BCUT2D eigenvalue weighted by atomic mass is 10.2. The van der Waals surface area contributed by atoms with Crippen LogP contribution in [0.15, 0.2) is 53.6 Å². The standard InChI is InChI=1S/C20H22FN3O3/c1-3-14(2)23-19(25)20(26)24-22-12-15-8-5-7-11-18(15)27-13-16-9-4-6-10-17(16)21/h4-12,14H,3,13H2,1-2H3,(H,23,25)(H,24,26)/b22-12-/t14-/m1/s1. The van der Waals surface area contributed by atoms with Gasteiger partial charge in [0.15, 0.2) is 0 Å². The molecule has 1 atom stereocenters. The summed E-state index contributed by atoms with van der Waals surface area (Å²) in [5.74, 6) is -1.46. The summed E-state index contributed by atoms with van der Waals surface area (Å²) in [5.41, 5.74) is 3.18. The van der Waals surface area contributed by atoms with Crippen LogP contribution in [0.4, 0.5) is 4.39 Å². The summed E-state index contributed by atoms with van der Waals surface area (Å²) in [4.78, 5) is 23.4. The lowest BCUT2D eigenvalue weighted by Gasteiger charge is -2.10. The van der Waals surface area contributed by atoms with Crippen LogP contribution in [-0.2, 0) is 16.2 Å². The summed E-state index contributed by atoms with van der Waals surface area (Å²) in [6, 6.07) is 13.2. The highest BCUT2D eigenvalue weighted by Crippen LogP contribution is 2.18. The third kappa shape index (κ3) is 6.22. The fourth-order valence-corrected chi connectivity index (χ4v) is 2.09. The minimum Gasteiger partial charge on any atom is -0.488 e. The molecule has 0 saturated heterocycles. The van der Waals surface area contributed by atoms with E-state index in [1.165, 1.54) is 12.3 Å². The lowest BCUT2D eigenvalue weighted by molar-refractivity contribution is -0.139. The fraction of sp³-hybridized carbons (Fsp3) is 0.250. The van der Waals surface area contributed by atoms with Crippen molar-refractivity contribution >= 4 is 18.0 Å². The molecule has 7 heteroatoms. The summed E-state index contributed by atoms with van der Waals surface area (Å²) in [7, 11) is 0. The fourth-order valence-electron chi connectivity index (χ4n) is 2.09. The topological polar surface area (TPSA) is 79.8 Å². The number of carbonyl (C=O) groups excluding carboxylic acids is 2. The molecule has 142 valence electrons. The van der Waals surface area contributed by atoms with Gasteiger partial charge < -0.3 is 10.1 Å². The zero-order valence-electron chi connectivity index (χ0n) is 15.2. The number of carbonyl (C=O) groups is 2. The first-order valence-electron chi connectivity index (χ1n) is 8.60. The zero-order chi connectivity index (χ0) is 19.6. The predicted molar refractivity (Wildman–Crippen MR) is 101 cm³/mol. The normalized spacial score (nSPS) is 11.8. The van der Waals surface area contributed by atoms with Crippen molar-refractivity contribution in [3.63, 3.8) is 0 Å². The molecule has 0 spiro atoms. The Morgan fingerprint density at radius 2 is 1.85 bits per heavy atom. The number of halogens is 1. The average Bonchev–Trinajstić information content (AvgIpc) is 2.68. The maximum absolute atomic E-state index is 13.7. The van der Waals surface area contributed by atoms with Gasteiger partial charge in [0.05, 0.1) is 6.21 Å². The summed E-state index contributed by atoms with van der Waals surface area (Å²) in [5, 5.41) is 6.34. The van der Waals surface area contributed by atoms with E-state index in [-0.39, 0.29) is 18.5 Å². The lowest BCUT2D eigenvalue weighted by Crippen LogP contribution is -2.41. The van der Waals surface area contributed by atoms with Crippen molar-refractivity contribution < 1.29 is 18.7 Å². The summed E-state index contributed by atoms with van der Waals surface area (Å²) >= 11 is 0. The number of amides is 2. The molecule has 0 heterocycles. The molecule has 0 aliphatic rings. The molecule has 2 amide bonds. The SMILES string of the molecule is CC[C@@H](C)NC(=O)C(=O)N/N=C\c1ccccc1OCc1ccccc1F. The average molecular weight is 371 g/mol. The molecule has 0 aliphatic carbocycles. The van der Waals surface area contributed by atoms with Crippen molar-refractivity contribution in [2.75, 3.05) is 0 Å². The third-order valence-electron chi connectivity index (χ3n) is 3.83. The van der Waals surface area contributed by atoms with Crippen molar-refractivity contribution in [2.45, 2.75) is 32.9 Å². The van der Waals surface area contributed by atoms with Crippen LogP contribution in [0, 0.1) is 5.82 Å². The molecule has 2 aromatic carbocycles. The van der Waals surface area contributed by atoms with Crippen molar-refractivity contribution in [2.24, 2.45) is 5.10 Å². The molecule has 0 aliphatic heterocycles. The van der Waals surface area contributed by atoms with Crippen molar-refractivity contribution in [3.05, 3.63) is 65.5 Å². The number of nitrogens with one attached hydrogen (secondary N) is 2. The Bertz CT molecular complexity index is 824. The highest BCUT2D eigenvalue weighted by Gasteiger charge is 2.14. The molecule has 6 nitrogen and oxygen atoms in total. The Balaban J connectivity index is 1.97. The first-order valence-corrected chi connectivity index (χ1v) is 8.60. The van der Waals surface area contributed by atoms with Gasteiger partial charge in [-0.15, -0.1) is 0 Å². The van der Waals surface area contributed by atoms with Crippen molar-refractivity contribution in [1.29, 1.82) is 0 Å². The van der Waals surface area contributed by atoms with Gasteiger partial charge in [-0.05, 0) is 31.5 Å². The monoisotopic (exact) mass is 371 g/mol. The number of hydrazone groups is 1. The largest absolute Gasteiger partial charge is 0.488 e. The second kappa shape index (κ2) is 10.1. The van der Waals surface area contributed by atoms with Crippen LogP contribution in [0.2, 0.25) is 0 Å². The number of hydrogen-bond acceptors (Lipinski definition) is 4. The maximum Gasteiger partial charge on any atom is 0.329 e. The van der Waals surface area contributed by atoms with E-state index in [2.05, 4.69) is 15.8 Å². The van der Waals surface area contributed by atoms with Crippen LogP contribution in [0.5, 0.6) is 5.75 Å². The maximum atomic E-state index is 13.7. The Hall–Kier alpha value is -3.22. The molecular formula is C20H22FN3O3. The van der Waals surface area contributed by atoms with E-state index in [9.17, 15) is 14.0 Å². The van der Waals surface area contributed by atoms with Crippen molar-refractivity contribution in [3.8, 4) is 5.75 Å². The molecule has 0 radical (unpaired) electrons. The van der Waals surface area contributed by atoms with Gasteiger partial charge in [0.1, 0.15) is 18.2 Å². The Labute approximate surface area is 157 Å². The Morgan fingerprint density at radius 1 is 1.15 bits per heavy atom. The van der Waals surface area contributed by atoms with Gasteiger partial charge in [0.2, 0.25) is 0 Å². The van der Waals surface area contributed by atoms with Gasteiger partial charge in [-0.3, -0.25) is 9.59 Å². The Morgan fingerprint density at radius 3 is 2.59 bits per heavy atom. The van der Waals surface area contributed by atoms with Crippen LogP contribution >= 0.6 is 0 Å². The van der Waals surface area contributed by atoms with E-state index in [0.29, 0.717) is 16.9 Å². The van der Waals surface area contributed by atoms with E-state index in [1.807, 2.05) is 6.92 Å². The molecule has 27 heavy (non-hydrogen) atoms. The minimum atomic E-state index is -0.851. The zero-order valence-corrected chi connectivity index (χ0v) is 15.2. The number of rotatable bonds is 7. The number of para-hydroxylation sites is 1. The van der Waals surface area contributed by atoms with E-state index in [1.54, 1.807) is 49.4 Å². The van der Waals surface area contributed by atoms with E-state index in [4.69, 9.17) is 4.74 Å². The number of benzene rings is 2. The number of ether oxygens (including phenoxy) is 1. The van der Waals surface area contributed by atoms with Gasteiger partial charge in [-0.1, -0.05) is 37.3 Å². The molecule has 0 aromatic heterocycles. The minimum absolute atomic E-state index is 0.0567. The van der Waals surface area contributed by atoms with Crippen LogP contribution in [-0.4, -0.2) is 24.1 Å². The first-order chi connectivity index (χ1) is 13.0. The summed E-state index contributed by atoms with van der Waals surface area (Å²) < 4.78 is 19.3. The van der Waals surface area contributed by atoms with Crippen molar-refractivity contribution in [1.82, 2.24) is 10.7 Å². The van der Waals surface area contributed by atoms with Gasteiger partial charge in [-0.25, -0.2) is 9.82 Å². The van der Waals surface area contributed by atoms with Gasteiger partial charge in [0.25, 0.3) is 0 Å². The first kappa shape index (κ1) is 20.1. The molecule has 2 rings (SSSR count). The second-order valence-electron chi connectivity index (χ2n) is 5.90. The van der Waals surface area contributed by atoms with E-state index < -0.39 is 11.8 Å². The summed E-state index contributed by atoms with van der Waals surface area (Å²) in [6.07, 6.45) is 2.08. The highest BCUT2D eigenvalue weighted by molar-refractivity contribution is 6.35. The van der Waals surface area contributed by atoms with Gasteiger partial charge in [0, 0.05) is 17.2 Å². The predicted octanol–water partition coefficient (Wildman–Crippen LogP) is 2.77.